The molecule has 10 heteroatoms. The van der Waals surface area contributed by atoms with Crippen LogP contribution >= 0.6 is 0 Å². The zero-order valence-electron chi connectivity index (χ0n) is 25.5. The summed E-state index contributed by atoms with van der Waals surface area (Å²) in [6.45, 7) is 2.12. The largest absolute Gasteiger partial charge is 0.368 e. The minimum atomic E-state index is -0.316. The molecule has 1 unspecified atom stereocenters. The van der Waals surface area contributed by atoms with E-state index in [2.05, 4.69) is 26.8 Å². The molecule has 0 spiro atoms. The van der Waals surface area contributed by atoms with Crippen molar-refractivity contribution in [1.29, 1.82) is 0 Å². The third-order valence-corrected chi connectivity index (χ3v) is 9.36. The maximum absolute atomic E-state index is 13.1. The molecule has 2 aromatic carbocycles. The molecule has 0 saturated carbocycles. The predicted octanol–water partition coefficient (Wildman–Crippen LogP) is 4.98. The number of nitrogens with one attached hydrogen (secondary N) is 2. The molecule has 6 heterocycles. The fourth-order valence-corrected chi connectivity index (χ4v) is 7.06. The number of amides is 2. The van der Waals surface area contributed by atoms with Gasteiger partial charge in [-0.3, -0.25) is 14.6 Å². The highest BCUT2D eigenvalue weighted by molar-refractivity contribution is 5.83. The highest BCUT2D eigenvalue weighted by Gasteiger charge is 2.37. The number of carbonyl (C=O) groups excluding carboxylic acids is 2. The summed E-state index contributed by atoms with van der Waals surface area (Å²) >= 11 is 0. The van der Waals surface area contributed by atoms with Gasteiger partial charge >= 0.3 is 0 Å². The Morgan fingerprint density at radius 3 is 2.07 bits per heavy atom. The number of aromatic amines is 2. The van der Waals surface area contributed by atoms with Gasteiger partial charge in [0.2, 0.25) is 5.91 Å². The third-order valence-electron chi connectivity index (χ3n) is 9.36. The molecule has 3 fully saturated rings. The number of imidazole rings is 2. The SMILES string of the molecule is O=C([C@@H]1CCCO1)N1CCCC1c1nc2ccc(C#Cc3ccc4nc([C@@H]5CCCN5C(=O)Cc5ccccn5)[nH]c4c3)cc2[nH]1. The second-order valence-corrected chi connectivity index (χ2v) is 12.4. The number of fused-ring (bicyclic) bond motifs is 2. The summed E-state index contributed by atoms with van der Waals surface area (Å²) in [6.07, 6.45) is 7.11. The summed E-state index contributed by atoms with van der Waals surface area (Å²) in [5.74, 6) is 8.38. The van der Waals surface area contributed by atoms with Gasteiger partial charge in [0.25, 0.3) is 5.91 Å². The number of rotatable bonds is 5. The molecular formula is C36H35N7O3. The normalized spacial score (nSPS) is 21.3. The molecule has 2 N–H and O–H groups in total. The molecule has 3 aliphatic heterocycles. The van der Waals surface area contributed by atoms with Gasteiger partial charge in [-0.05, 0) is 87.1 Å². The topological polar surface area (TPSA) is 120 Å². The van der Waals surface area contributed by atoms with Gasteiger partial charge in [-0.1, -0.05) is 17.9 Å². The van der Waals surface area contributed by atoms with E-state index in [1.807, 2.05) is 64.4 Å². The number of likely N-dealkylation sites (tertiary alicyclic amines) is 2. The second-order valence-electron chi connectivity index (χ2n) is 12.4. The number of aromatic nitrogens is 5. The number of H-pyrrole nitrogens is 2. The summed E-state index contributed by atoms with van der Waals surface area (Å²) in [5, 5.41) is 0. The minimum absolute atomic E-state index is 0.0556. The molecule has 0 radical (unpaired) electrons. The molecule has 3 saturated heterocycles. The molecule has 0 aliphatic carbocycles. The summed E-state index contributed by atoms with van der Waals surface area (Å²) in [5.41, 5.74) is 6.05. The first-order chi connectivity index (χ1) is 22.6. The van der Waals surface area contributed by atoms with Gasteiger partial charge in [0, 0.05) is 42.7 Å². The number of hydrogen-bond acceptors (Lipinski definition) is 6. The molecule has 10 nitrogen and oxygen atoms in total. The Morgan fingerprint density at radius 1 is 0.804 bits per heavy atom. The summed E-state index contributed by atoms with van der Waals surface area (Å²) in [7, 11) is 0. The molecule has 3 aromatic heterocycles. The number of pyridine rings is 1. The predicted molar refractivity (Wildman–Crippen MR) is 172 cm³/mol. The highest BCUT2D eigenvalue weighted by Crippen LogP contribution is 2.34. The number of ether oxygens (including phenoxy) is 1. The molecule has 3 aliphatic rings. The van der Waals surface area contributed by atoms with Crippen molar-refractivity contribution in [1.82, 2.24) is 34.7 Å². The Balaban J connectivity index is 0.982. The third kappa shape index (κ3) is 5.52. The van der Waals surface area contributed by atoms with Crippen molar-refractivity contribution in [2.24, 2.45) is 0 Å². The number of benzene rings is 2. The van der Waals surface area contributed by atoms with E-state index in [0.29, 0.717) is 6.61 Å². The maximum Gasteiger partial charge on any atom is 0.252 e. The van der Waals surface area contributed by atoms with Gasteiger partial charge in [0.1, 0.15) is 17.8 Å². The van der Waals surface area contributed by atoms with Crippen LogP contribution in [0, 0.1) is 11.8 Å². The molecule has 2 amide bonds. The Kier molecular flexibility index (Phi) is 7.46. The van der Waals surface area contributed by atoms with Gasteiger partial charge in [0.05, 0.1) is 40.6 Å². The van der Waals surface area contributed by atoms with Gasteiger partial charge in [0.15, 0.2) is 0 Å². The smallest absolute Gasteiger partial charge is 0.252 e. The minimum Gasteiger partial charge on any atom is -0.368 e. The zero-order valence-corrected chi connectivity index (χ0v) is 25.5. The van der Waals surface area contributed by atoms with Crippen molar-refractivity contribution in [2.75, 3.05) is 19.7 Å². The van der Waals surface area contributed by atoms with E-state index in [4.69, 9.17) is 14.7 Å². The van der Waals surface area contributed by atoms with Crippen LogP contribution in [0.4, 0.5) is 0 Å². The van der Waals surface area contributed by atoms with Crippen LogP contribution in [0.15, 0.2) is 60.8 Å². The van der Waals surface area contributed by atoms with Gasteiger partial charge < -0.3 is 24.5 Å². The van der Waals surface area contributed by atoms with Crippen LogP contribution in [0.5, 0.6) is 0 Å². The van der Waals surface area contributed by atoms with E-state index in [-0.39, 0.29) is 36.4 Å². The van der Waals surface area contributed by atoms with Crippen molar-refractivity contribution in [2.45, 2.75) is 63.1 Å². The van der Waals surface area contributed by atoms with Crippen molar-refractivity contribution < 1.29 is 14.3 Å². The van der Waals surface area contributed by atoms with Crippen LogP contribution in [0.1, 0.15) is 79.1 Å². The lowest BCUT2D eigenvalue weighted by molar-refractivity contribution is -0.142. The van der Waals surface area contributed by atoms with E-state index < -0.39 is 0 Å². The first kappa shape index (κ1) is 28.5. The number of nitrogens with zero attached hydrogens (tertiary/aromatic N) is 5. The first-order valence-corrected chi connectivity index (χ1v) is 16.2. The second kappa shape index (κ2) is 12.1. The van der Waals surface area contributed by atoms with Crippen molar-refractivity contribution >= 4 is 33.9 Å². The molecule has 8 rings (SSSR count). The Morgan fingerprint density at radius 2 is 1.46 bits per heavy atom. The van der Waals surface area contributed by atoms with Crippen LogP contribution in [0.2, 0.25) is 0 Å². The quantitative estimate of drug-likeness (QED) is 0.270. The number of hydrogen-bond donors (Lipinski definition) is 2. The summed E-state index contributed by atoms with van der Waals surface area (Å²) in [4.78, 5) is 51.0. The Bertz CT molecular complexity index is 1980. The van der Waals surface area contributed by atoms with Crippen LogP contribution < -0.4 is 0 Å². The summed E-state index contributed by atoms with van der Waals surface area (Å²) < 4.78 is 5.67. The molecule has 3 atom stereocenters. The standard InChI is InChI=1S/C36H35N7O3/c44-33(22-25-6-1-2-16-37-25)42-17-3-7-30(42)34-38-26-14-12-23(20-28(26)40-34)10-11-24-13-15-27-29(21-24)41-35(39-27)31-8-4-18-43(31)36(45)32-9-5-19-46-32/h1-2,6,12-16,20-21,30-32H,3-5,7-9,17-19,22H2,(H,38,40)(H,39,41)/t30-,31?,32-/m0/s1. The molecular weight excluding hydrogens is 578 g/mol. The zero-order chi connectivity index (χ0) is 31.0. The Hall–Kier alpha value is -5.01. The van der Waals surface area contributed by atoms with Gasteiger partial charge in [-0.2, -0.15) is 0 Å². The van der Waals surface area contributed by atoms with E-state index in [9.17, 15) is 9.59 Å². The van der Waals surface area contributed by atoms with Crippen LogP contribution in [-0.4, -0.2) is 72.3 Å². The average molecular weight is 614 g/mol. The van der Waals surface area contributed by atoms with E-state index >= 15 is 0 Å². The van der Waals surface area contributed by atoms with E-state index in [1.54, 1.807) is 6.20 Å². The molecule has 0 bridgehead atoms. The summed E-state index contributed by atoms with van der Waals surface area (Å²) in [6, 6.07) is 17.5. The van der Waals surface area contributed by atoms with E-state index in [0.717, 1.165) is 102 Å². The van der Waals surface area contributed by atoms with Crippen LogP contribution in [0.25, 0.3) is 22.1 Å². The molecule has 232 valence electrons. The van der Waals surface area contributed by atoms with Crippen LogP contribution in [0.3, 0.4) is 0 Å². The van der Waals surface area contributed by atoms with Crippen molar-refractivity contribution in [3.63, 3.8) is 0 Å². The highest BCUT2D eigenvalue weighted by atomic mass is 16.5. The lowest BCUT2D eigenvalue weighted by atomic mass is 10.1. The van der Waals surface area contributed by atoms with Gasteiger partial charge in [-0.15, -0.1) is 0 Å². The lowest BCUT2D eigenvalue weighted by Gasteiger charge is -2.25. The van der Waals surface area contributed by atoms with Crippen molar-refractivity contribution in [3.8, 4) is 11.8 Å². The molecule has 46 heavy (non-hydrogen) atoms. The Labute approximate surface area is 266 Å². The monoisotopic (exact) mass is 613 g/mol. The maximum atomic E-state index is 13.1. The fourth-order valence-electron chi connectivity index (χ4n) is 7.06. The fraction of sp³-hybridized carbons (Fsp3) is 0.361. The van der Waals surface area contributed by atoms with E-state index in [1.165, 1.54) is 0 Å². The average Bonchev–Trinajstić information content (AvgIpc) is 3.92. The van der Waals surface area contributed by atoms with Crippen LogP contribution in [-0.2, 0) is 20.7 Å². The lowest BCUT2D eigenvalue weighted by Crippen LogP contribution is -2.38. The first-order valence-electron chi connectivity index (χ1n) is 16.2. The number of carbonyl (C=O) groups is 2. The molecule has 5 aromatic rings. The van der Waals surface area contributed by atoms with Crippen molar-refractivity contribution in [3.05, 3.63) is 89.3 Å². The van der Waals surface area contributed by atoms with Gasteiger partial charge in [-0.25, -0.2) is 9.97 Å².